The van der Waals surface area contributed by atoms with Gasteiger partial charge in [-0.05, 0) is 195 Å². The topological polar surface area (TPSA) is 400 Å². The molecule has 5 heterocycles. The number of allylic oxidation sites excluding steroid dienone is 4. The van der Waals surface area contributed by atoms with E-state index in [9.17, 15) is 73.2 Å². The van der Waals surface area contributed by atoms with Crippen LogP contribution in [0.4, 0.5) is 19.2 Å². The van der Waals surface area contributed by atoms with E-state index in [0.29, 0.717) is 63.4 Å². The summed E-state index contributed by atoms with van der Waals surface area (Å²) in [7, 11) is 3.53. The predicted molar refractivity (Wildman–Crippen MR) is 539 cm³/mol. The molecule has 5 saturated heterocycles. The van der Waals surface area contributed by atoms with Crippen molar-refractivity contribution in [3.05, 3.63) is 75.9 Å². The van der Waals surface area contributed by atoms with Gasteiger partial charge < -0.3 is 99.2 Å². The molecule has 14 atom stereocenters. The first-order chi connectivity index (χ1) is 62.6. The van der Waals surface area contributed by atoms with E-state index < -0.39 is 123 Å². The number of aliphatic hydroxyl groups excluding tert-OH is 4. The molecule has 0 bridgehead atoms. The first kappa shape index (κ1) is 125. The summed E-state index contributed by atoms with van der Waals surface area (Å²) in [5.41, 5.74) is -3.55. The number of likely N-dealkylation sites (N-methyl/N-ethyl adjacent to an activating group) is 4. The van der Waals surface area contributed by atoms with Crippen LogP contribution in [0.5, 0.6) is 0 Å². The molecular formula is C99H179ClN12O21Si2. The number of rotatable bonds is 38. The minimum absolute atomic E-state index is 0.00327. The number of unbranched alkanes of at least 4 members (excludes halogenated alkanes) is 8. The maximum atomic E-state index is 13.6. The highest BCUT2D eigenvalue weighted by Gasteiger charge is 2.64. The maximum absolute atomic E-state index is 13.6. The van der Waals surface area contributed by atoms with Crippen LogP contribution in [0, 0.1) is 11.8 Å². The highest BCUT2D eigenvalue weighted by atomic mass is 35.6. The average Bonchev–Trinajstić information content (AvgIpc) is 1.58. The Hall–Kier alpha value is -7.75. The Labute approximate surface area is 816 Å². The number of carbonyl (C=O) groups is 11. The maximum Gasteiger partial charge on any atom is 0.411 e. The molecule has 0 aromatic rings. The molecule has 10 amide bonds. The van der Waals surface area contributed by atoms with Gasteiger partial charge in [0.25, 0.3) is 0 Å². The highest BCUT2D eigenvalue weighted by Crippen LogP contribution is 2.48. The zero-order chi connectivity index (χ0) is 104. The van der Waals surface area contributed by atoms with Crippen LogP contribution in [0.3, 0.4) is 0 Å². The molecule has 36 heteroatoms. The molecule has 2 saturated carbocycles. The van der Waals surface area contributed by atoms with Crippen LogP contribution >= 0.6 is 11.1 Å². The van der Waals surface area contributed by atoms with E-state index in [1.807, 2.05) is 31.4 Å². The summed E-state index contributed by atoms with van der Waals surface area (Å²) in [6.07, 6.45) is 20.2. The Morgan fingerprint density at radius 3 is 1.04 bits per heavy atom. The van der Waals surface area contributed by atoms with Gasteiger partial charge in [-0.2, -0.15) is 11.1 Å². The van der Waals surface area contributed by atoms with Crippen LogP contribution < -0.4 is 16.0 Å². The van der Waals surface area contributed by atoms with Crippen LogP contribution in [0.15, 0.2) is 75.9 Å². The summed E-state index contributed by atoms with van der Waals surface area (Å²) in [6.45, 7) is 72.1. The van der Waals surface area contributed by atoms with E-state index in [4.69, 9.17) is 39.6 Å². The fourth-order valence-electron chi connectivity index (χ4n) is 15.0. The molecule has 135 heavy (non-hydrogen) atoms. The largest absolute Gasteiger partial charge is 0.480 e. The van der Waals surface area contributed by atoms with Gasteiger partial charge >= 0.3 is 42.2 Å². The second kappa shape index (κ2) is 59.0. The van der Waals surface area contributed by atoms with Crippen LogP contribution in [0.2, 0.25) is 36.3 Å². The molecule has 7 aliphatic rings. The van der Waals surface area contributed by atoms with Crippen molar-refractivity contribution in [3.63, 3.8) is 0 Å². The molecule has 1 unspecified atom stereocenters. The third-order valence-electron chi connectivity index (χ3n) is 25.5. The minimum Gasteiger partial charge on any atom is -0.480 e. The van der Waals surface area contributed by atoms with Crippen molar-refractivity contribution in [1.29, 1.82) is 0 Å². The quantitative estimate of drug-likeness (QED) is 0.00711. The Morgan fingerprint density at radius 2 is 0.763 bits per heavy atom. The molecule has 0 radical (unpaired) electrons. The number of nitrogens with one attached hydrogen (secondary N) is 3. The minimum atomic E-state index is -2.12. The van der Waals surface area contributed by atoms with Crippen LogP contribution in [-0.4, -0.2) is 354 Å². The van der Waals surface area contributed by atoms with E-state index in [2.05, 4.69) is 149 Å². The third-order valence-corrected chi connectivity index (χ3v) is 35.3. The van der Waals surface area contributed by atoms with Crippen molar-refractivity contribution in [2.75, 3.05) is 120 Å². The molecule has 7 fully saturated rings. The Morgan fingerprint density at radius 1 is 0.452 bits per heavy atom. The number of aliphatic carboxylic acids is 1. The second-order valence-electron chi connectivity index (χ2n) is 41.1. The highest BCUT2D eigenvalue weighted by molar-refractivity contribution is 7.20. The Balaban J connectivity index is 0.000000832. The Kier molecular flexibility index (Phi) is 54.7. The number of hydrogen-bond acceptors (Lipinski definition) is 22. The molecule has 5 aliphatic heterocycles. The number of hydrogen-bond donors (Lipinski definition) is 8. The molecule has 0 spiro atoms. The van der Waals surface area contributed by atoms with Gasteiger partial charge in [0, 0.05) is 112 Å². The lowest BCUT2D eigenvalue weighted by molar-refractivity contribution is -0.147. The van der Waals surface area contributed by atoms with Crippen molar-refractivity contribution in [2.24, 2.45) is 11.8 Å². The van der Waals surface area contributed by atoms with Gasteiger partial charge in [-0.1, -0.05) is 112 Å². The van der Waals surface area contributed by atoms with Gasteiger partial charge in [0.15, 0.2) is 15.7 Å². The fraction of sp³-hybridized carbons (Fsp3) is 0.768. The lowest BCUT2D eigenvalue weighted by Crippen LogP contribution is -2.55. The van der Waals surface area contributed by atoms with Gasteiger partial charge in [0.1, 0.15) is 46.4 Å². The van der Waals surface area contributed by atoms with Crippen molar-refractivity contribution < 1.29 is 102 Å². The molecule has 0 aromatic carbocycles. The van der Waals surface area contributed by atoms with Gasteiger partial charge in [-0.15, -0.1) is 39.5 Å². The summed E-state index contributed by atoms with van der Waals surface area (Å²) in [5.74, 6) is -2.85. The van der Waals surface area contributed by atoms with Gasteiger partial charge in [0.05, 0.1) is 62.9 Å². The lowest BCUT2D eigenvalue weighted by atomic mass is 10.1. The van der Waals surface area contributed by atoms with Crippen molar-refractivity contribution >= 4 is 92.6 Å². The summed E-state index contributed by atoms with van der Waals surface area (Å²) in [6, 6.07) is -4.23. The zero-order valence-corrected chi connectivity index (χ0v) is 89.9. The number of carboxylic acids is 1. The number of nitrogens with zero attached hydrogens (tertiary/aromatic N) is 9. The van der Waals surface area contributed by atoms with E-state index in [0.717, 1.165) is 88.5 Å². The van der Waals surface area contributed by atoms with Crippen LogP contribution in [0.25, 0.3) is 0 Å². The van der Waals surface area contributed by atoms with Gasteiger partial charge in [0.2, 0.25) is 23.6 Å². The number of likely N-dealkylation sites (tertiary alicyclic amines) is 4. The molecule has 8 N–H and O–H groups in total. The summed E-state index contributed by atoms with van der Waals surface area (Å²) < 4.78 is 27.4. The summed E-state index contributed by atoms with van der Waals surface area (Å²) >= 11 is 6.15. The van der Waals surface area contributed by atoms with E-state index in [-0.39, 0.29) is 111 Å². The predicted octanol–water partition coefficient (Wildman–Crippen LogP) is 13.7. The summed E-state index contributed by atoms with van der Waals surface area (Å²) in [5, 5.41) is 56.6. The number of β-amino-alcohol motifs (C(OH)–C–C–N with tert-alkyl or cyclic N) is 4. The first-order valence-corrected chi connectivity index (χ1v) is 55.5. The second-order valence-corrected chi connectivity index (χ2v) is 53.1. The van der Waals surface area contributed by atoms with Gasteiger partial charge in [-0.3, -0.25) is 29.0 Å². The lowest BCUT2D eigenvalue weighted by Gasteiger charge is -2.38. The molecule has 2 aliphatic carbocycles. The zero-order valence-electron chi connectivity index (χ0n) is 87.1. The number of amides is 10. The third kappa shape index (κ3) is 42.5. The van der Waals surface area contributed by atoms with E-state index in [1.54, 1.807) is 113 Å². The molecule has 7 rings (SSSR count). The monoisotopic (exact) mass is 1960 g/mol. The number of carbonyl (C=O) groups excluding carboxylic acids is 10. The van der Waals surface area contributed by atoms with E-state index >= 15 is 0 Å². The Bertz CT molecular complexity index is 3750. The van der Waals surface area contributed by atoms with Crippen molar-refractivity contribution in [3.8, 4) is 0 Å². The number of esters is 2. The number of carboxylic acid groups (broad SMARTS) is 1. The fourth-order valence-corrected chi connectivity index (χ4v) is 16.4. The van der Waals surface area contributed by atoms with Crippen molar-refractivity contribution in [2.45, 2.75) is 359 Å². The number of halogens is 1. The standard InChI is InChI=1S/C27H47N3O5Si.C21H33N3O5.C17H30N2O4.C12H22N2O2.C10H17NO5.C6H15ClSi.C6H15N/c1-10-13-14-15-16-29(7)23(31)22-17-21(35-36(8,9)26(4,5)6)19-30(22)25(33)28-27(18-20(27)11-2)24(32)34-12-3;1-5-8-9-10-11-23(4)18(26)17-12-16(25)14-24(17)20(28)22-21(13-15(21)6-2)19(27)29-7-3;1-6-7-8-9-10-18(5)15(21)14-11-13(20)12-19(14)16(22)23-17(2,3)4;1-3-4-5-6-7-14(2)12(16)11-8-10(15)9-13-11;1-10(2,3)16-9(15)11-5-6(12)4-7(11)8(13)14;1-6(2,3)8(4,5)7;1-4-7(5-2)6-3/h10-11,20-22H,1-2,12-19H2,3-9H3,(H,28,33);5-6,15-17,25H,1-2,7-14H2,3-4H3,(H,22,28);6,13-14,20H,1,7-12H2,2-5H3;3,10-11,13,15H,1,4-9H2,2H3;6-7,12H,4-5H2,1-3H3,(H,13,14);1-5H3;4-6H2,1-3H3/t20-,21-,22+,27-;15-,16-,17+,21-;13-,14+;10-,11?;6-,7+;;/m11111../s1. The van der Waals surface area contributed by atoms with Crippen molar-refractivity contribution in [1.82, 2.24) is 60.0 Å². The van der Waals surface area contributed by atoms with Gasteiger partial charge in [-0.25, -0.2) is 33.6 Å². The number of urea groups is 2. The molecule has 0 aromatic heterocycles. The van der Waals surface area contributed by atoms with E-state index in [1.165, 1.54) is 29.4 Å². The molecular weight excluding hydrogens is 1780 g/mol. The molecule has 776 valence electrons. The SMILES string of the molecule is C=CCCCCN(C)C(=O)C1C[C@@H](O)CN1.C=CCCCCN(C)C(=O)[C@@H]1C[C@@H](O)CN1C(=O)N[C@]1(C(=O)OCC)C[C@H]1C=C.C=CCCCCN(C)C(=O)[C@@H]1C[C@@H](O)CN1C(=O)OC(C)(C)C.C=CCCCCN(C)C(=O)[C@@H]1C[C@@H](O[Si](C)(C)C(C)(C)C)CN1C(=O)N[C@]1(C(=O)OCC)C[C@H]1C=C.CC(C)(C)OC(=O)N1C[C@H](O)C[C@H]1C(=O)O.CC(C)(C)[Si](C)(C)Cl.CCN(CC)CC. The normalized spacial score (nSPS) is 23.8. The number of ether oxygens (including phenoxy) is 4. The van der Waals surface area contributed by atoms with Crippen LogP contribution in [0.1, 0.15) is 240 Å². The van der Waals surface area contributed by atoms with Crippen LogP contribution in [-0.2, 0) is 56.9 Å². The number of aliphatic hydroxyl groups is 4. The average molecular weight is 1970 g/mol. The smallest absolute Gasteiger partial charge is 0.411 e. The molecule has 33 nitrogen and oxygen atoms in total. The first-order valence-electron chi connectivity index (χ1n) is 48.6. The summed E-state index contributed by atoms with van der Waals surface area (Å²) in [4.78, 5) is 152.